The third-order valence-corrected chi connectivity index (χ3v) is 4.22. The molecule has 3 rings (SSSR count). The zero-order valence-corrected chi connectivity index (χ0v) is 15.3. The molecule has 0 saturated heterocycles. The van der Waals surface area contributed by atoms with Crippen molar-refractivity contribution in [2.24, 2.45) is 0 Å². The van der Waals surface area contributed by atoms with Crippen LogP contribution in [-0.2, 0) is 4.79 Å². The lowest BCUT2D eigenvalue weighted by Gasteiger charge is -2.17. The number of carboxylic acids is 1. The molecule has 3 N–H and O–H groups in total. The number of nitrogens with one attached hydrogen (secondary N) is 1. The van der Waals surface area contributed by atoms with Crippen molar-refractivity contribution in [1.82, 2.24) is 15.1 Å². The van der Waals surface area contributed by atoms with E-state index in [1.165, 1.54) is 0 Å². The molecule has 0 saturated carbocycles. The summed E-state index contributed by atoms with van der Waals surface area (Å²) in [5, 5.41) is 25.6. The smallest absolute Gasteiger partial charge is 0.305 e. The summed E-state index contributed by atoms with van der Waals surface area (Å²) in [5.41, 5.74) is 1.05. The lowest BCUT2D eigenvalue weighted by atomic mass is 10.0. The highest BCUT2D eigenvalue weighted by Crippen LogP contribution is 2.23. The van der Waals surface area contributed by atoms with E-state index in [-0.39, 0.29) is 17.8 Å². The van der Waals surface area contributed by atoms with E-state index in [0.29, 0.717) is 11.6 Å². The monoisotopic (exact) mass is 401 g/mol. The van der Waals surface area contributed by atoms with Crippen LogP contribution in [0.1, 0.15) is 34.1 Å². The molecule has 1 unspecified atom stereocenters. The first-order valence-corrected chi connectivity index (χ1v) is 8.58. The van der Waals surface area contributed by atoms with Crippen LogP contribution < -0.4 is 5.32 Å². The Kier molecular flexibility index (Phi) is 5.58. The van der Waals surface area contributed by atoms with E-state index in [1.807, 2.05) is 6.92 Å². The van der Waals surface area contributed by atoms with Crippen molar-refractivity contribution < 1.29 is 28.6 Å². The van der Waals surface area contributed by atoms with Gasteiger partial charge < -0.3 is 15.5 Å². The minimum Gasteiger partial charge on any atom is -0.493 e. The summed E-state index contributed by atoms with van der Waals surface area (Å²) in [4.78, 5) is 23.8. The van der Waals surface area contributed by atoms with Crippen molar-refractivity contribution in [1.29, 1.82) is 0 Å². The fourth-order valence-corrected chi connectivity index (χ4v) is 2.77. The van der Waals surface area contributed by atoms with Crippen LogP contribution in [0.3, 0.4) is 0 Å². The number of hydrogen-bond acceptors (Lipinski definition) is 4. The van der Waals surface area contributed by atoms with Gasteiger partial charge in [-0.3, -0.25) is 9.59 Å². The SMILES string of the molecule is Cc1ccc(C(CC(=O)O)NC(=O)c2cc(O)n(-c3ccc(F)cc3F)n2)cc1. The van der Waals surface area contributed by atoms with Gasteiger partial charge in [-0.05, 0) is 24.6 Å². The van der Waals surface area contributed by atoms with E-state index >= 15 is 0 Å². The van der Waals surface area contributed by atoms with Gasteiger partial charge in [0.2, 0.25) is 5.88 Å². The molecule has 1 heterocycles. The number of rotatable bonds is 6. The average molecular weight is 401 g/mol. The molecule has 3 aromatic rings. The molecule has 1 amide bonds. The highest BCUT2D eigenvalue weighted by molar-refractivity contribution is 5.93. The Balaban J connectivity index is 1.87. The highest BCUT2D eigenvalue weighted by Gasteiger charge is 2.22. The predicted molar refractivity (Wildman–Crippen MR) is 98.8 cm³/mol. The molecule has 7 nitrogen and oxygen atoms in total. The van der Waals surface area contributed by atoms with Crippen molar-refractivity contribution in [3.05, 3.63) is 77.0 Å². The van der Waals surface area contributed by atoms with Crippen LogP contribution >= 0.6 is 0 Å². The number of benzene rings is 2. The molecule has 0 radical (unpaired) electrons. The number of aliphatic carboxylic acids is 1. The van der Waals surface area contributed by atoms with E-state index < -0.39 is 35.4 Å². The van der Waals surface area contributed by atoms with Gasteiger partial charge in [0, 0.05) is 12.1 Å². The Bertz CT molecular complexity index is 1060. The number of amides is 1. The second-order valence-electron chi connectivity index (χ2n) is 6.43. The maximum Gasteiger partial charge on any atom is 0.305 e. The Morgan fingerprint density at radius 2 is 1.83 bits per heavy atom. The summed E-state index contributed by atoms with van der Waals surface area (Å²) in [6.45, 7) is 1.87. The molecule has 0 aliphatic carbocycles. The van der Waals surface area contributed by atoms with Gasteiger partial charge in [-0.15, -0.1) is 0 Å². The number of hydrogen-bond donors (Lipinski definition) is 3. The van der Waals surface area contributed by atoms with Gasteiger partial charge in [-0.2, -0.15) is 9.78 Å². The molecule has 0 aliphatic rings. The van der Waals surface area contributed by atoms with Gasteiger partial charge in [-0.25, -0.2) is 8.78 Å². The van der Waals surface area contributed by atoms with Gasteiger partial charge >= 0.3 is 5.97 Å². The molecule has 0 aliphatic heterocycles. The van der Waals surface area contributed by atoms with Crippen LogP contribution in [0, 0.1) is 18.6 Å². The first-order chi connectivity index (χ1) is 13.7. The number of aryl methyl sites for hydroxylation is 1. The number of aromatic hydroxyl groups is 1. The van der Waals surface area contributed by atoms with Gasteiger partial charge in [0.25, 0.3) is 5.91 Å². The minimum atomic E-state index is -1.11. The molecule has 1 atom stereocenters. The van der Waals surface area contributed by atoms with Crippen LogP contribution in [0.2, 0.25) is 0 Å². The number of halogens is 2. The summed E-state index contributed by atoms with van der Waals surface area (Å²) in [6, 6.07) is 9.82. The largest absolute Gasteiger partial charge is 0.493 e. The maximum absolute atomic E-state index is 14.0. The first-order valence-electron chi connectivity index (χ1n) is 8.58. The Hall–Kier alpha value is -3.75. The van der Waals surface area contributed by atoms with Gasteiger partial charge in [0.15, 0.2) is 11.5 Å². The van der Waals surface area contributed by atoms with E-state index in [2.05, 4.69) is 10.4 Å². The second-order valence-corrected chi connectivity index (χ2v) is 6.43. The van der Waals surface area contributed by atoms with Crippen LogP contribution in [0.5, 0.6) is 5.88 Å². The van der Waals surface area contributed by atoms with E-state index in [4.69, 9.17) is 5.11 Å². The molecule has 0 spiro atoms. The summed E-state index contributed by atoms with van der Waals surface area (Å²) >= 11 is 0. The van der Waals surface area contributed by atoms with Crippen LogP contribution in [0.25, 0.3) is 5.69 Å². The van der Waals surface area contributed by atoms with Crippen molar-refractivity contribution in [2.45, 2.75) is 19.4 Å². The zero-order chi connectivity index (χ0) is 21.1. The van der Waals surface area contributed by atoms with Crippen LogP contribution in [0.15, 0.2) is 48.5 Å². The molecule has 0 fully saturated rings. The quantitative estimate of drug-likeness (QED) is 0.589. The van der Waals surface area contributed by atoms with Crippen molar-refractivity contribution in [2.75, 3.05) is 0 Å². The minimum absolute atomic E-state index is 0.247. The van der Waals surface area contributed by atoms with Crippen molar-refractivity contribution in [3.63, 3.8) is 0 Å². The Morgan fingerprint density at radius 3 is 2.45 bits per heavy atom. The van der Waals surface area contributed by atoms with Crippen LogP contribution in [0.4, 0.5) is 8.78 Å². The third-order valence-electron chi connectivity index (χ3n) is 4.22. The summed E-state index contributed by atoms with van der Waals surface area (Å²) < 4.78 is 27.8. The van der Waals surface area contributed by atoms with Gasteiger partial charge in [0.1, 0.15) is 11.5 Å². The summed E-state index contributed by atoms with van der Waals surface area (Å²) in [7, 11) is 0. The molecule has 0 bridgehead atoms. The van der Waals surface area contributed by atoms with Crippen molar-refractivity contribution in [3.8, 4) is 11.6 Å². The number of carbonyl (C=O) groups excluding carboxylic acids is 1. The highest BCUT2D eigenvalue weighted by atomic mass is 19.1. The molecular weight excluding hydrogens is 384 g/mol. The fraction of sp³-hybridized carbons (Fsp3) is 0.150. The zero-order valence-electron chi connectivity index (χ0n) is 15.3. The Labute approximate surface area is 164 Å². The summed E-state index contributed by atoms with van der Waals surface area (Å²) in [5.74, 6) is -4.18. The lowest BCUT2D eigenvalue weighted by Crippen LogP contribution is -2.30. The Morgan fingerprint density at radius 1 is 1.14 bits per heavy atom. The average Bonchev–Trinajstić information content (AvgIpc) is 3.03. The number of carboxylic acid groups (broad SMARTS) is 1. The van der Waals surface area contributed by atoms with E-state index in [1.54, 1.807) is 24.3 Å². The van der Waals surface area contributed by atoms with Gasteiger partial charge in [0.05, 0.1) is 12.5 Å². The molecule has 2 aromatic carbocycles. The normalized spacial score (nSPS) is 11.8. The topological polar surface area (TPSA) is 104 Å². The second kappa shape index (κ2) is 8.09. The van der Waals surface area contributed by atoms with Crippen molar-refractivity contribution >= 4 is 11.9 Å². The molecule has 29 heavy (non-hydrogen) atoms. The number of nitrogens with zero attached hydrogens (tertiary/aromatic N) is 2. The van der Waals surface area contributed by atoms with Gasteiger partial charge in [-0.1, -0.05) is 29.8 Å². The number of aromatic nitrogens is 2. The lowest BCUT2D eigenvalue weighted by molar-refractivity contribution is -0.137. The molecular formula is C20H17F2N3O4. The summed E-state index contributed by atoms with van der Waals surface area (Å²) in [6.07, 6.45) is -0.367. The van der Waals surface area contributed by atoms with E-state index in [9.17, 15) is 23.5 Å². The molecule has 9 heteroatoms. The molecule has 1 aromatic heterocycles. The van der Waals surface area contributed by atoms with Crippen LogP contribution in [-0.4, -0.2) is 31.9 Å². The standard InChI is InChI=1S/C20H17F2N3O4/c1-11-2-4-12(5-3-11)15(10-19(27)28)23-20(29)16-9-18(26)25(24-16)17-7-6-13(21)8-14(17)22/h2-9,15,26H,10H2,1H3,(H,23,29)(H,27,28). The third kappa shape index (κ3) is 4.57. The van der Waals surface area contributed by atoms with E-state index in [0.717, 1.165) is 28.4 Å². The maximum atomic E-state index is 14.0. The predicted octanol–water partition coefficient (Wildman–Crippen LogP) is 3.11. The number of carbonyl (C=O) groups is 2. The fourth-order valence-electron chi connectivity index (χ4n) is 2.77. The first kappa shape index (κ1) is 20.0. The molecule has 150 valence electrons.